The van der Waals surface area contributed by atoms with Crippen LogP contribution in [0.25, 0.3) is 22.3 Å². The smallest absolute Gasteiger partial charge is 0.338 e. The first-order chi connectivity index (χ1) is 19.5. The maximum absolute atomic E-state index is 12.7. The van der Waals surface area contributed by atoms with Gasteiger partial charge in [-0.2, -0.15) is 0 Å². The van der Waals surface area contributed by atoms with Crippen LogP contribution in [-0.2, 0) is 9.47 Å². The highest BCUT2D eigenvalue weighted by Crippen LogP contribution is 2.35. The van der Waals surface area contributed by atoms with Gasteiger partial charge in [-0.3, -0.25) is 4.79 Å². The van der Waals surface area contributed by atoms with E-state index in [1.165, 1.54) is 48.5 Å². The largest absolute Gasteiger partial charge is 0.508 e. The van der Waals surface area contributed by atoms with Gasteiger partial charge in [0.05, 0.1) is 5.56 Å². The Labute approximate surface area is 230 Å². The lowest BCUT2D eigenvalue weighted by Gasteiger charge is -2.39. The minimum Gasteiger partial charge on any atom is -0.508 e. The van der Waals surface area contributed by atoms with E-state index >= 15 is 0 Å². The summed E-state index contributed by atoms with van der Waals surface area (Å²) in [4.78, 5) is 25.0. The summed E-state index contributed by atoms with van der Waals surface area (Å²) < 4.78 is 22.1. The van der Waals surface area contributed by atoms with Gasteiger partial charge in [-0.25, -0.2) is 4.79 Å². The second kappa shape index (κ2) is 11.0. The molecule has 214 valence electrons. The molecular weight excluding hydrogens is 544 g/mol. The zero-order valence-corrected chi connectivity index (χ0v) is 20.9. The van der Waals surface area contributed by atoms with Gasteiger partial charge in [0.1, 0.15) is 65.0 Å². The molecule has 5 atom stereocenters. The van der Waals surface area contributed by atoms with Gasteiger partial charge in [0.25, 0.3) is 0 Å². The van der Waals surface area contributed by atoms with Crippen molar-refractivity contribution >= 4 is 16.9 Å². The summed E-state index contributed by atoms with van der Waals surface area (Å²) in [5, 5.41) is 70.2. The summed E-state index contributed by atoms with van der Waals surface area (Å²) >= 11 is 0. The molecule has 1 aromatic heterocycles. The molecule has 4 aromatic rings. The van der Waals surface area contributed by atoms with Crippen molar-refractivity contribution in [2.24, 2.45) is 0 Å². The van der Waals surface area contributed by atoms with E-state index in [4.69, 9.17) is 18.6 Å². The number of carbonyl (C=O) groups excluding carboxylic acids is 1. The number of carbonyl (C=O) groups is 1. The molecule has 1 aliphatic heterocycles. The van der Waals surface area contributed by atoms with Gasteiger partial charge >= 0.3 is 5.97 Å². The van der Waals surface area contributed by atoms with Gasteiger partial charge in [-0.05, 0) is 42.5 Å². The average molecular weight is 568 g/mol. The molecule has 2 heterocycles. The van der Waals surface area contributed by atoms with Crippen LogP contribution in [-0.4, -0.2) is 79.0 Å². The number of phenolic OH excluding ortho intramolecular Hbond substituents is 4. The summed E-state index contributed by atoms with van der Waals surface area (Å²) in [7, 11) is 0. The van der Waals surface area contributed by atoms with Gasteiger partial charge in [0, 0.05) is 23.8 Å². The predicted molar refractivity (Wildman–Crippen MR) is 139 cm³/mol. The van der Waals surface area contributed by atoms with Crippen molar-refractivity contribution in [2.45, 2.75) is 30.7 Å². The summed E-state index contributed by atoms with van der Waals surface area (Å²) in [6, 6.07) is 12.3. The van der Waals surface area contributed by atoms with E-state index in [2.05, 4.69) is 0 Å². The predicted octanol–water partition coefficient (Wildman–Crippen LogP) is 1.33. The highest BCUT2D eigenvalue weighted by molar-refractivity contribution is 5.89. The molecule has 3 aromatic carbocycles. The molecule has 1 saturated heterocycles. The van der Waals surface area contributed by atoms with Gasteiger partial charge in [0.15, 0.2) is 16.9 Å². The van der Waals surface area contributed by atoms with Crippen molar-refractivity contribution in [1.82, 2.24) is 0 Å². The number of hydrogen-bond acceptors (Lipinski definition) is 13. The van der Waals surface area contributed by atoms with Crippen LogP contribution in [0.5, 0.6) is 28.7 Å². The molecule has 41 heavy (non-hydrogen) atoms. The molecule has 5 rings (SSSR count). The molecule has 0 saturated carbocycles. The Morgan fingerprint density at radius 2 is 1.54 bits per heavy atom. The normalized spacial score (nSPS) is 22.4. The zero-order valence-electron chi connectivity index (χ0n) is 20.9. The van der Waals surface area contributed by atoms with Gasteiger partial charge in [-0.1, -0.05) is 0 Å². The van der Waals surface area contributed by atoms with Crippen molar-refractivity contribution in [2.75, 3.05) is 6.61 Å². The molecule has 7 N–H and O–H groups in total. The van der Waals surface area contributed by atoms with Crippen molar-refractivity contribution in [3.05, 3.63) is 76.5 Å². The SMILES string of the molecule is O=C(OCC1OC(Oc2cc(O)c3c(=O)cc(-c4ccc(O)c(O)c4)oc3c2)C(O)C(O)C1O)c1ccc(O)cc1. The van der Waals surface area contributed by atoms with Crippen LogP contribution >= 0.6 is 0 Å². The fourth-order valence-corrected chi connectivity index (χ4v) is 4.25. The van der Waals surface area contributed by atoms with Crippen LogP contribution in [0, 0.1) is 0 Å². The molecule has 0 spiro atoms. The number of aromatic hydroxyl groups is 4. The fourth-order valence-electron chi connectivity index (χ4n) is 4.25. The van der Waals surface area contributed by atoms with Gasteiger partial charge in [-0.15, -0.1) is 0 Å². The number of fused-ring (bicyclic) bond motifs is 1. The zero-order chi connectivity index (χ0) is 29.4. The number of aliphatic hydroxyl groups is 3. The molecular formula is C28H24O13. The number of aliphatic hydroxyl groups excluding tert-OH is 3. The minimum absolute atomic E-state index is 0.00245. The third-order valence-electron chi connectivity index (χ3n) is 6.45. The summed E-state index contributed by atoms with van der Waals surface area (Å²) in [5.41, 5.74) is -0.407. The van der Waals surface area contributed by atoms with Crippen molar-refractivity contribution in [1.29, 1.82) is 0 Å². The van der Waals surface area contributed by atoms with Gasteiger partial charge < -0.3 is 54.4 Å². The lowest BCUT2D eigenvalue weighted by Crippen LogP contribution is -2.60. The van der Waals surface area contributed by atoms with E-state index in [-0.39, 0.29) is 45.1 Å². The molecule has 1 aliphatic rings. The van der Waals surface area contributed by atoms with Crippen molar-refractivity contribution in [3.63, 3.8) is 0 Å². The highest BCUT2D eigenvalue weighted by Gasteiger charge is 2.45. The Hall–Kier alpha value is -4.82. The maximum Gasteiger partial charge on any atom is 0.338 e. The van der Waals surface area contributed by atoms with Crippen LogP contribution in [0.4, 0.5) is 0 Å². The topological polar surface area (TPSA) is 217 Å². The second-order valence-corrected chi connectivity index (χ2v) is 9.27. The summed E-state index contributed by atoms with van der Waals surface area (Å²) in [6.07, 6.45) is -8.16. The molecule has 13 nitrogen and oxygen atoms in total. The molecule has 0 amide bonds. The Bertz CT molecular complexity index is 1650. The number of ether oxygens (including phenoxy) is 3. The number of hydrogen-bond donors (Lipinski definition) is 7. The van der Waals surface area contributed by atoms with Crippen LogP contribution < -0.4 is 10.2 Å². The lowest BCUT2D eigenvalue weighted by atomic mass is 9.99. The third kappa shape index (κ3) is 5.60. The number of phenols is 4. The monoisotopic (exact) mass is 568 g/mol. The van der Waals surface area contributed by atoms with Crippen LogP contribution in [0.1, 0.15) is 10.4 Å². The number of rotatable bonds is 6. The Morgan fingerprint density at radius 1 is 0.805 bits per heavy atom. The van der Waals surface area contributed by atoms with E-state index in [1.54, 1.807) is 0 Å². The highest BCUT2D eigenvalue weighted by atomic mass is 16.7. The first kappa shape index (κ1) is 27.7. The van der Waals surface area contributed by atoms with E-state index in [0.29, 0.717) is 0 Å². The standard InChI is InChI=1S/C28H24O13/c29-14-4-1-12(2-5-14)27(37)38-11-22-24(34)25(35)26(36)28(41-22)39-15-8-18(32)23-19(33)10-20(40-21(23)9-15)13-3-6-16(30)17(31)7-13/h1-10,22,24-26,28-32,34-36H,11H2. The minimum atomic E-state index is -1.77. The van der Waals surface area contributed by atoms with E-state index < -0.39 is 60.2 Å². The third-order valence-corrected chi connectivity index (χ3v) is 6.45. The molecule has 13 heteroatoms. The number of esters is 1. The Kier molecular flexibility index (Phi) is 7.43. The van der Waals surface area contributed by atoms with Crippen LogP contribution in [0.15, 0.2) is 69.9 Å². The lowest BCUT2D eigenvalue weighted by molar-refractivity contribution is -0.277. The molecule has 0 bridgehead atoms. The first-order valence-electron chi connectivity index (χ1n) is 12.2. The van der Waals surface area contributed by atoms with Crippen LogP contribution in [0.3, 0.4) is 0 Å². The molecule has 1 fully saturated rings. The van der Waals surface area contributed by atoms with Crippen LogP contribution in [0.2, 0.25) is 0 Å². The van der Waals surface area contributed by atoms with Crippen molar-refractivity contribution in [3.8, 4) is 40.1 Å². The summed E-state index contributed by atoms with van der Waals surface area (Å²) in [5.74, 6) is -2.37. The van der Waals surface area contributed by atoms with Crippen molar-refractivity contribution < 1.29 is 59.2 Å². The molecule has 0 radical (unpaired) electrons. The van der Waals surface area contributed by atoms with Gasteiger partial charge in [0.2, 0.25) is 6.29 Å². The fraction of sp³-hybridized carbons (Fsp3) is 0.214. The Morgan fingerprint density at radius 3 is 2.24 bits per heavy atom. The number of benzene rings is 3. The second-order valence-electron chi connectivity index (χ2n) is 9.27. The first-order valence-corrected chi connectivity index (χ1v) is 12.2. The van der Waals surface area contributed by atoms with E-state index in [1.807, 2.05) is 0 Å². The summed E-state index contributed by atoms with van der Waals surface area (Å²) in [6.45, 7) is -0.537. The van der Waals surface area contributed by atoms with E-state index in [0.717, 1.165) is 12.1 Å². The quantitative estimate of drug-likeness (QED) is 0.129. The average Bonchev–Trinajstić information content (AvgIpc) is 2.94. The maximum atomic E-state index is 12.7. The molecule has 0 aliphatic carbocycles. The molecule has 5 unspecified atom stereocenters. The van der Waals surface area contributed by atoms with E-state index in [9.17, 15) is 45.3 Å². The Balaban J connectivity index is 1.37.